The van der Waals surface area contributed by atoms with Gasteiger partial charge in [0.1, 0.15) is 23.1 Å². The molecule has 0 aliphatic heterocycles. The van der Waals surface area contributed by atoms with Crippen molar-refractivity contribution in [1.82, 2.24) is 15.3 Å². The average Bonchev–Trinajstić information content (AvgIpc) is 3.52. The van der Waals surface area contributed by atoms with Gasteiger partial charge in [0, 0.05) is 28.6 Å². The maximum Gasteiger partial charge on any atom is 0.332 e. The number of benzene rings is 1. The van der Waals surface area contributed by atoms with Crippen LogP contribution in [0.25, 0.3) is 22.3 Å². The van der Waals surface area contributed by atoms with Crippen molar-refractivity contribution < 1.29 is 33.7 Å². The number of methoxy groups -OCH3 is 1. The van der Waals surface area contributed by atoms with Gasteiger partial charge in [0.15, 0.2) is 0 Å². The number of rotatable bonds is 10. The predicted molar refractivity (Wildman–Crippen MR) is 155 cm³/mol. The third-order valence-corrected chi connectivity index (χ3v) is 8.27. The number of carbonyl (C=O) groups is 3. The van der Waals surface area contributed by atoms with Crippen LogP contribution >= 0.6 is 0 Å². The molecule has 0 unspecified atom stereocenters. The van der Waals surface area contributed by atoms with Crippen molar-refractivity contribution in [1.29, 1.82) is 0 Å². The van der Waals surface area contributed by atoms with Crippen LogP contribution in [0.5, 0.6) is 11.5 Å². The van der Waals surface area contributed by atoms with Gasteiger partial charge in [0.05, 0.1) is 42.5 Å². The first kappa shape index (κ1) is 29.0. The minimum absolute atomic E-state index is 0.127. The smallest absolute Gasteiger partial charge is 0.332 e. The summed E-state index contributed by atoms with van der Waals surface area (Å²) in [5, 5.41) is 13.6. The van der Waals surface area contributed by atoms with E-state index in [1.165, 1.54) is 0 Å². The number of fused-ring (bicyclic) bond motifs is 1. The van der Waals surface area contributed by atoms with E-state index in [0.717, 1.165) is 16.6 Å². The molecule has 10 heteroatoms. The first-order valence-corrected chi connectivity index (χ1v) is 14.1. The molecule has 0 saturated heterocycles. The zero-order valence-electron chi connectivity index (χ0n) is 24.2. The summed E-state index contributed by atoms with van der Waals surface area (Å²) >= 11 is 0. The number of hydrogen-bond acceptors (Lipinski definition) is 8. The van der Waals surface area contributed by atoms with Crippen molar-refractivity contribution in [2.75, 3.05) is 13.7 Å². The lowest BCUT2D eigenvalue weighted by Gasteiger charge is -2.21. The maximum atomic E-state index is 13.5. The number of esters is 1. The second-order valence-electron chi connectivity index (χ2n) is 10.9. The fourth-order valence-electron chi connectivity index (χ4n) is 5.92. The molecule has 2 N–H and O–H groups in total. The van der Waals surface area contributed by atoms with E-state index < -0.39 is 41.3 Å². The number of carboxylic acids is 1. The number of ether oxygens (including phenoxy) is 3. The first-order chi connectivity index (χ1) is 20.1. The lowest BCUT2D eigenvalue weighted by atomic mass is 9.94. The Kier molecular flexibility index (Phi) is 7.90. The molecule has 0 spiro atoms. The summed E-state index contributed by atoms with van der Waals surface area (Å²) in [5.74, 6) is -3.09. The molecule has 2 saturated carbocycles. The quantitative estimate of drug-likeness (QED) is 0.267. The first-order valence-electron chi connectivity index (χ1n) is 14.1. The van der Waals surface area contributed by atoms with Gasteiger partial charge in [-0.2, -0.15) is 0 Å². The average molecular weight is 574 g/mol. The highest BCUT2D eigenvalue weighted by Gasteiger charge is 2.62. The molecule has 1 amide bonds. The Morgan fingerprint density at radius 1 is 1.10 bits per heavy atom. The molecule has 220 valence electrons. The van der Waals surface area contributed by atoms with Crippen molar-refractivity contribution in [3.05, 3.63) is 60.3 Å². The van der Waals surface area contributed by atoms with Crippen LogP contribution in [0.1, 0.15) is 37.4 Å². The summed E-state index contributed by atoms with van der Waals surface area (Å²) in [6.45, 7) is 9.43. The van der Waals surface area contributed by atoms with E-state index in [1.54, 1.807) is 26.2 Å². The number of hydrogen-bond donors (Lipinski definition) is 2. The fraction of sp³-hybridized carbons (Fsp3) is 0.406. The van der Waals surface area contributed by atoms with E-state index in [4.69, 9.17) is 19.2 Å². The number of amides is 1. The predicted octanol–water partition coefficient (Wildman–Crippen LogP) is 4.40. The summed E-state index contributed by atoms with van der Waals surface area (Å²) in [6, 6.07) is 11.2. The molecule has 5 atom stereocenters. The fourth-order valence-corrected chi connectivity index (χ4v) is 5.92. The highest BCUT2D eigenvalue weighted by Crippen LogP contribution is 2.47. The maximum absolute atomic E-state index is 13.5. The molecular formula is C32H35N3O7. The van der Waals surface area contributed by atoms with Crippen LogP contribution in [0.4, 0.5) is 0 Å². The van der Waals surface area contributed by atoms with E-state index in [9.17, 15) is 19.5 Å². The summed E-state index contributed by atoms with van der Waals surface area (Å²) in [5.41, 5.74) is 2.40. The Morgan fingerprint density at radius 3 is 2.50 bits per heavy atom. The molecule has 2 fully saturated rings. The summed E-state index contributed by atoms with van der Waals surface area (Å²) in [6.07, 6.45) is 1.70. The summed E-state index contributed by atoms with van der Waals surface area (Å²) in [4.78, 5) is 47.9. The zero-order valence-corrected chi connectivity index (χ0v) is 24.2. The van der Waals surface area contributed by atoms with Gasteiger partial charge >= 0.3 is 11.9 Å². The van der Waals surface area contributed by atoms with Crippen LogP contribution in [0.2, 0.25) is 0 Å². The van der Waals surface area contributed by atoms with Gasteiger partial charge < -0.3 is 24.6 Å². The van der Waals surface area contributed by atoms with Gasteiger partial charge in [-0.25, -0.2) is 9.78 Å². The molecule has 3 aromatic rings. The third kappa shape index (κ3) is 5.29. The van der Waals surface area contributed by atoms with Crippen LogP contribution in [-0.4, -0.2) is 58.3 Å². The van der Waals surface area contributed by atoms with Gasteiger partial charge in [0.25, 0.3) is 0 Å². The molecule has 10 nitrogen and oxygen atoms in total. The van der Waals surface area contributed by atoms with E-state index in [-0.39, 0.29) is 25.4 Å². The number of pyridine rings is 2. The zero-order chi connectivity index (χ0) is 30.2. The van der Waals surface area contributed by atoms with Crippen molar-refractivity contribution in [2.24, 2.45) is 17.8 Å². The van der Waals surface area contributed by atoms with Crippen molar-refractivity contribution in [2.45, 2.75) is 51.7 Å². The molecule has 42 heavy (non-hydrogen) atoms. The topological polar surface area (TPSA) is 137 Å². The van der Waals surface area contributed by atoms with Gasteiger partial charge in [-0.15, -0.1) is 6.58 Å². The van der Waals surface area contributed by atoms with E-state index >= 15 is 0 Å². The Labute approximate surface area is 244 Å². The highest BCUT2D eigenvalue weighted by molar-refractivity contribution is 5.94. The van der Waals surface area contributed by atoms with E-state index in [1.807, 2.05) is 44.2 Å². The second-order valence-corrected chi connectivity index (χ2v) is 10.9. The lowest BCUT2D eigenvalue weighted by Crippen LogP contribution is -2.49. The SMILES string of the molecule is C=C[C@@H]1C[C@]1(NC(=O)[C@@H]1C[C@@H](Oc2cc(-c3cccc(C)n3)nc3c(C)c(OC)ccc23)C[C@H]1C(=O)O)C(=O)OCC. The molecule has 2 aromatic heterocycles. The van der Waals surface area contributed by atoms with Crippen LogP contribution in [0.15, 0.2) is 49.1 Å². The molecule has 0 radical (unpaired) electrons. The van der Waals surface area contributed by atoms with E-state index in [2.05, 4.69) is 16.9 Å². The highest BCUT2D eigenvalue weighted by atomic mass is 16.5. The Bertz CT molecular complexity index is 1570. The van der Waals surface area contributed by atoms with Crippen LogP contribution in [-0.2, 0) is 19.1 Å². The van der Waals surface area contributed by atoms with Crippen molar-refractivity contribution >= 4 is 28.7 Å². The molecule has 1 aromatic carbocycles. The minimum atomic E-state index is -1.20. The Morgan fingerprint density at radius 2 is 1.86 bits per heavy atom. The standard InChI is InChI=1S/C32H35N3O7/c1-6-19-16-32(19,31(39)41-7-2)35-29(36)22-13-20(14-23(22)30(37)38)42-27-15-25(24-10-8-9-17(3)33-24)34-28-18(4)26(40-5)12-11-21(27)28/h6,8-12,15,19-20,22-23H,1,7,13-14,16H2,2-5H3,(H,35,36)(H,37,38)/t19-,20-,22-,23-,32-/m1/s1. The minimum Gasteiger partial charge on any atom is -0.496 e. The second kappa shape index (κ2) is 11.4. The number of nitrogens with zero attached hydrogens (tertiary/aromatic N) is 2. The molecule has 2 heterocycles. The molecule has 2 aliphatic carbocycles. The van der Waals surface area contributed by atoms with Gasteiger partial charge in [-0.3, -0.25) is 14.6 Å². The number of aryl methyl sites for hydroxylation is 2. The third-order valence-electron chi connectivity index (χ3n) is 8.27. The monoisotopic (exact) mass is 573 g/mol. The number of carboxylic acid groups (broad SMARTS) is 1. The number of nitrogens with one attached hydrogen (secondary N) is 1. The normalized spacial score (nSPS) is 24.6. The molecular weight excluding hydrogens is 538 g/mol. The summed E-state index contributed by atoms with van der Waals surface area (Å²) in [7, 11) is 1.60. The van der Waals surface area contributed by atoms with E-state index in [0.29, 0.717) is 34.8 Å². The largest absolute Gasteiger partial charge is 0.496 e. The van der Waals surface area contributed by atoms with Crippen LogP contribution in [0, 0.1) is 31.6 Å². The van der Waals surface area contributed by atoms with Crippen LogP contribution < -0.4 is 14.8 Å². The Balaban J connectivity index is 1.46. The number of aliphatic carboxylic acids is 1. The van der Waals surface area contributed by atoms with Gasteiger partial charge in [0.2, 0.25) is 5.91 Å². The molecule has 5 rings (SSSR count). The molecule has 2 aliphatic rings. The van der Waals surface area contributed by atoms with Gasteiger partial charge in [-0.1, -0.05) is 12.1 Å². The van der Waals surface area contributed by atoms with Gasteiger partial charge in [-0.05, 0) is 64.3 Å². The molecule has 0 bridgehead atoms. The van der Waals surface area contributed by atoms with Crippen molar-refractivity contribution in [3.63, 3.8) is 0 Å². The summed E-state index contributed by atoms with van der Waals surface area (Å²) < 4.78 is 17.2. The number of aromatic nitrogens is 2. The lowest BCUT2D eigenvalue weighted by molar-refractivity contribution is -0.150. The van der Waals surface area contributed by atoms with Crippen molar-refractivity contribution in [3.8, 4) is 22.9 Å². The Hall–Kier alpha value is -4.47. The number of carbonyl (C=O) groups excluding carboxylic acids is 2. The van der Waals surface area contributed by atoms with Crippen LogP contribution in [0.3, 0.4) is 0 Å².